The SMILES string of the molecule is C=CC1CCN(c2nc(C)nc3c2CCCC3)CC1. The molecule has 0 N–H and O–H groups in total. The Morgan fingerprint density at radius 2 is 1.89 bits per heavy atom. The third-order valence-electron chi connectivity index (χ3n) is 4.45. The Labute approximate surface area is 115 Å². The van der Waals surface area contributed by atoms with Crippen LogP contribution in [-0.4, -0.2) is 23.1 Å². The number of aromatic nitrogens is 2. The second-order valence-corrected chi connectivity index (χ2v) is 5.79. The fourth-order valence-corrected chi connectivity index (χ4v) is 3.30. The Kier molecular flexibility index (Phi) is 3.54. The molecule has 1 saturated heterocycles. The normalized spacial score (nSPS) is 20.2. The molecule has 19 heavy (non-hydrogen) atoms. The average Bonchev–Trinajstić information content (AvgIpc) is 2.46. The lowest BCUT2D eigenvalue weighted by atomic mass is 9.93. The summed E-state index contributed by atoms with van der Waals surface area (Å²) in [5.41, 5.74) is 2.73. The second kappa shape index (κ2) is 5.32. The van der Waals surface area contributed by atoms with Crippen molar-refractivity contribution < 1.29 is 0 Å². The standard InChI is InChI=1S/C16H23N3/c1-3-13-8-10-19(11-9-13)16-14-6-4-5-7-15(14)17-12(2)18-16/h3,13H,1,4-11H2,2H3. The molecule has 0 atom stereocenters. The van der Waals surface area contributed by atoms with Crippen molar-refractivity contribution in [2.45, 2.75) is 45.4 Å². The summed E-state index contributed by atoms with van der Waals surface area (Å²) >= 11 is 0. The van der Waals surface area contributed by atoms with Crippen molar-refractivity contribution in [2.75, 3.05) is 18.0 Å². The second-order valence-electron chi connectivity index (χ2n) is 5.79. The van der Waals surface area contributed by atoms with Gasteiger partial charge in [-0.2, -0.15) is 0 Å². The first kappa shape index (κ1) is 12.6. The largest absolute Gasteiger partial charge is 0.356 e. The fraction of sp³-hybridized carbons (Fsp3) is 0.625. The van der Waals surface area contributed by atoms with E-state index in [0.29, 0.717) is 5.92 Å². The van der Waals surface area contributed by atoms with Gasteiger partial charge in [-0.1, -0.05) is 6.08 Å². The molecule has 1 fully saturated rings. The van der Waals surface area contributed by atoms with Crippen LogP contribution in [0, 0.1) is 12.8 Å². The van der Waals surface area contributed by atoms with Crippen molar-refractivity contribution >= 4 is 5.82 Å². The smallest absolute Gasteiger partial charge is 0.135 e. The highest BCUT2D eigenvalue weighted by Crippen LogP contribution is 2.30. The van der Waals surface area contributed by atoms with Gasteiger partial charge >= 0.3 is 0 Å². The Morgan fingerprint density at radius 3 is 2.63 bits per heavy atom. The van der Waals surface area contributed by atoms with Gasteiger partial charge in [0, 0.05) is 24.3 Å². The first-order valence-electron chi connectivity index (χ1n) is 7.52. The van der Waals surface area contributed by atoms with E-state index in [1.54, 1.807) is 0 Å². The topological polar surface area (TPSA) is 29.0 Å². The maximum absolute atomic E-state index is 4.75. The van der Waals surface area contributed by atoms with Gasteiger partial charge < -0.3 is 4.90 Å². The molecule has 3 heteroatoms. The van der Waals surface area contributed by atoms with E-state index in [9.17, 15) is 0 Å². The van der Waals surface area contributed by atoms with Crippen LogP contribution in [0.25, 0.3) is 0 Å². The molecule has 2 heterocycles. The summed E-state index contributed by atoms with van der Waals surface area (Å²) in [5.74, 6) is 2.85. The number of allylic oxidation sites excluding steroid dienone is 1. The van der Waals surface area contributed by atoms with E-state index >= 15 is 0 Å². The van der Waals surface area contributed by atoms with E-state index in [1.807, 2.05) is 6.92 Å². The van der Waals surface area contributed by atoms with Gasteiger partial charge in [-0.25, -0.2) is 9.97 Å². The third-order valence-corrected chi connectivity index (χ3v) is 4.45. The highest BCUT2D eigenvalue weighted by molar-refractivity contribution is 5.50. The van der Waals surface area contributed by atoms with E-state index in [1.165, 1.54) is 42.8 Å². The zero-order valence-corrected chi connectivity index (χ0v) is 11.9. The molecule has 1 aliphatic heterocycles. The summed E-state index contributed by atoms with van der Waals surface area (Å²) in [5, 5.41) is 0. The highest BCUT2D eigenvalue weighted by atomic mass is 15.2. The molecular weight excluding hydrogens is 234 g/mol. The summed E-state index contributed by atoms with van der Waals surface area (Å²) in [4.78, 5) is 11.9. The summed E-state index contributed by atoms with van der Waals surface area (Å²) in [6, 6.07) is 0. The number of anilines is 1. The number of aryl methyl sites for hydroxylation is 2. The van der Waals surface area contributed by atoms with Crippen molar-refractivity contribution in [1.29, 1.82) is 0 Å². The van der Waals surface area contributed by atoms with Gasteiger partial charge in [-0.3, -0.25) is 0 Å². The lowest BCUT2D eigenvalue weighted by Crippen LogP contribution is -2.35. The molecule has 0 unspecified atom stereocenters. The third kappa shape index (κ3) is 2.51. The summed E-state index contributed by atoms with van der Waals surface area (Å²) in [6.07, 6.45) is 9.39. The Morgan fingerprint density at radius 1 is 1.16 bits per heavy atom. The predicted octanol–water partition coefficient (Wildman–Crippen LogP) is 3.07. The van der Waals surface area contributed by atoms with Gasteiger partial charge in [-0.15, -0.1) is 6.58 Å². The summed E-state index contributed by atoms with van der Waals surface area (Å²) in [6.45, 7) is 8.17. The van der Waals surface area contributed by atoms with Crippen molar-refractivity contribution in [1.82, 2.24) is 9.97 Å². The van der Waals surface area contributed by atoms with Crippen molar-refractivity contribution in [2.24, 2.45) is 5.92 Å². The predicted molar refractivity (Wildman–Crippen MR) is 78.5 cm³/mol. The zero-order valence-electron chi connectivity index (χ0n) is 11.9. The van der Waals surface area contributed by atoms with E-state index in [2.05, 4.69) is 22.5 Å². The van der Waals surface area contributed by atoms with Gasteiger partial charge in [-0.05, 0) is 51.4 Å². The molecule has 3 nitrogen and oxygen atoms in total. The summed E-state index contributed by atoms with van der Waals surface area (Å²) < 4.78 is 0. The monoisotopic (exact) mass is 257 g/mol. The number of hydrogen-bond acceptors (Lipinski definition) is 3. The Balaban J connectivity index is 1.88. The Bertz CT molecular complexity index is 473. The van der Waals surface area contributed by atoms with E-state index in [0.717, 1.165) is 31.8 Å². The lowest BCUT2D eigenvalue weighted by Gasteiger charge is -2.34. The van der Waals surface area contributed by atoms with Crippen LogP contribution in [0.4, 0.5) is 5.82 Å². The molecule has 0 radical (unpaired) electrons. The molecule has 1 aliphatic carbocycles. The van der Waals surface area contributed by atoms with Crippen LogP contribution >= 0.6 is 0 Å². The molecular formula is C16H23N3. The number of fused-ring (bicyclic) bond motifs is 1. The molecule has 2 aliphatic rings. The number of piperidine rings is 1. The highest BCUT2D eigenvalue weighted by Gasteiger charge is 2.24. The molecule has 0 saturated carbocycles. The van der Waals surface area contributed by atoms with Gasteiger partial charge in [0.05, 0.1) is 0 Å². The van der Waals surface area contributed by atoms with Gasteiger partial charge in [0.1, 0.15) is 11.6 Å². The van der Waals surface area contributed by atoms with E-state index in [4.69, 9.17) is 4.98 Å². The minimum absolute atomic E-state index is 0.690. The molecule has 0 amide bonds. The molecule has 1 aromatic rings. The molecule has 0 spiro atoms. The molecule has 3 rings (SSSR count). The van der Waals surface area contributed by atoms with Crippen molar-refractivity contribution in [3.8, 4) is 0 Å². The van der Waals surface area contributed by atoms with E-state index in [-0.39, 0.29) is 0 Å². The quantitative estimate of drug-likeness (QED) is 0.762. The number of nitrogens with zero attached hydrogens (tertiary/aromatic N) is 3. The fourth-order valence-electron chi connectivity index (χ4n) is 3.30. The van der Waals surface area contributed by atoms with Crippen LogP contribution in [0.1, 0.15) is 42.8 Å². The molecule has 0 bridgehead atoms. The average molecular weight is 257 g/mol. The Hall–Kier alpha value is -1.38. The van der Waals surface area contributed by atoms with E-state index < -0.39 is 0 Å². The van der Waals surface area contributed by atoms with Crippen LogP contribution in [0.15, 0.2) is 12.7 Å². The van der Waals surface area contributed by atoms with Crippen LogP contribution < -0.4 is 4.90 Å². The molecule has 0 aromatic carbocycles. The first-order valence-corrected chi connectivity index (χ1v) is 7.52. The number of rotatable bonds is 2. The number of hydrogen-bond donors (Lipinski definition) is 0. The summed E-state index contributed by atoms with van der Waals surface area (Å²) in [7, 11) is 0. The van der Waals surface area contributed by atoms with Gasteiger partial charge in [0.25, 0.3) is 0 Å². The van der Waals surface area contributed by atoms with Crippen LogP contribution in [-0.2, 0) is 12.8 Å². The van der Waals surface area contributed by atoms with Crippen LogP contribution in [0.2, 0.25) is 0 Å². The van der Waals surface area contributed by atoms with Gasteiger partial charge in [0.2, 0.25) is 0 Å². The van der Waals surface area contributed by atoms with Crippen molar-refractivity contribution in [3.63, 3.8) is 0 Å². The molecule has 102 valence electrons. The first-order chi connectivity index (χ1) is 9.28. The van der Waals surface area contributed by atoms with Crippen LogP contribution in [0.5, 0.6) is 0 Å². The minimum atomic E-state index is 0.690. The van der Waals surface area contributed by atoms with Crippen LogP contribution in [0.3, 0.4) is 0 Å². The minimum Gasteiger partial charge on any atom is -0.356 e. The molecule has 1 aromatic heterocycles. The maximum Gasteiger partial charge on any atom is 0.135 e. The zero-order chi connectivity index (χ0) is 13.2. The van der Waals surface area contributed by atoms with Gasteiger partial charge in [0.15, 0.2) is 0 Å². The maximum atomic E-state index is 4.75. The van der Waals surface area contributed by atoms with Crippen molar-refractivity contribution in [3.05, 3.63) is 29.7 Å². The lowest BCUT2D eigenvalue weighted by molar-refractivity contribution is 0.474.